The number of rotatable bonds is 3. The maximum atomic E-state index is 11.5. The van der Waals surface area contributed by atoms with Crippen LogP contribution in [0.5, 0.6) is 0 Å². The van der Waals surface area contributed by atoms with Crippen LogP contribution >= 0.6 is 39.7 Å². The molecule has 5 nitrogen and oxygen atoms in total. The van der Waals surface area contributed by atoms with E-state index in [2.05, 4.69) is 38.8 Å². The molecule has 0 aliphatic rings. The molecule has 96 valence electrons. The average Bonchev–Trinajstić information content (AvgIpc) is 2.30. The molecule has 4 N–H and O–H groups in total. The van der Waals surface area contributed by atoms with Crippen molar-refractivity contribution in [1.29, 1.82) is 0 Å². The molecule has 1 rings (SSSR count). The fraction of sp³-hybridized carbons (Fsp3) is 0.100. The fourth-order valence-electron chi connectivity index (χ4n) is 1.02. The van der Waals surface area contributed by atoms with Gasteiger partial charge in [0.15, 0.2) is 0 Å². The third-order valence-corrected chi connectivity index (χ3v) is 2.77. The van der Waals surface area contributed by atoms with Gasteiger partial charge in [-0.15, -0.1) is 0 Å². The molecule has 1 aromatic carbocycles. The molecule has 0 radical (unpaired) electrons. The summed E-state index contributed by atoms with van der Waals surface area (Å²) in [5.74, 6) is -1.68. The molecule has 0 aliphatic carbocycles. The summed E-state index contributed by atoms with van der Waals surface area (Å²) in [5, 5.41) is 4.97. The van der Waals surface area contributed by atoms with Crippen molar-refractivity contribution in [2.75, 3.05) is 11.9 Å². The topological polar surface area (TPSA) is 84.2 Å². The molecule has 8 heteroatoms. The molecule has 2 amide bonds. The molecule has 0 fully saturated rings. The molecule has 0 bridgehead atoms. The van der Waals surface area contributed by atoms with Gasteiger partial charge in [-0.25, -0.2) is 0 Å². The van der Waals surface area contributed by atoms with Gasteiger partial charge < -0.3 is 16.4 Å². The number of carbonyl (C=O) groups is 2. The third kappa shape index (κ3) is 4.59. The Morgan fingerprint density at radius 2 is 2.06 bits per heavy atom. The van der Waals surface area contributed by atoms with Crippen LogP contribution in [0.15, 0.2) is 22.7 Å². The SMILES string of the molecule is NC(=S)CNC(=O)C(=O)Nc1cc(Br)ccc1Cl. The zero-order valence-corrected chi connectivity index (χ0v) is 12.2. The van der Waals surface area contributed by atoms with Crippen molar-refractivity contribution in [3.05, 3.63) is 27.7 Å². The van der Waals surface area contributed by atoms with Gasteiger partial charge in [-0.3, -0.25) is 9.59 Å². The molecule has 0 atom stereocenters. The minimum atomic E-state index is -0.841. The van der Waals surface area contributed by atoms with E-state index in [0.717, 1.165) is 4.47 Å². The lowest BCUT2D eigenvalue weighted by Gasteiger charge is -2.07. The number of hydrogen-bond donors (Lipinski definition) is 3. The van der Waals surface area contributed by atoms with Crippen LogP contribution in [0.4, 0.5) is 5.69 Å². The first-order chi connectivity index (χ1) is 8.40. The van der Waals surface area contributed by atoms with E-state index in [9.17, 15) is 9.59 Å². The van der Waals surface area contributed by atoms with E-state index in [0.29, 0.717) is 10.7 Å². The van der Waals surface area contributed by atoms with Crippen LogP contribution in [0.1, 0.15) is 0 Å². The highest BCUT2D eigenvalue weighted by Gasteiger charge is 2.14. The van der Waals surface area contributed by atoms with Crippen molar-refractivity contribution < 1.29 is 9.59 Å². The first-order valence-corrected chi connectivity index (χ1v) is 6.30. The van der Waals surface area contributed by atoms with Gasteiger partial charge >= 0.3 is 11.8 Å². The van der Waals surface area contributed by atoms with Crippen LogP contribution in [0.25, 0.3) is 0 Å². The van der Waals surface area contributed by atoms with Crippen LogP contribution in [-0.4, -0.2) is 23.3 Å². The van der Waals surface area contributed by atoms with Crippen molar-refractivity contribution in [2.45, 2.75) is 0 Å². The number of amides is 2. The summed E-state index contributed by atoms with van der Waals surface area (Å²) < 4.78 is 0.728. The van der Waals surface area contributed by atoms with E-state index in [1.807, 2.05) is 0 Å². The smallest absolute Gasteiger partial charge is 0.313 e. The lowest BCUT2D eigenvalue weighted by molar-refractivity contribution is -0.135. The number of nitrogens with one attached hydrogen (secondary N) is 2. The molecule has 0 aliphatic heterocycles. The summed E-state index contributed by atoms with van der Waals surface area (Å²) in [6.07, 6.45) is 0. The molecule has 0 saturated carbocycles. The van der Waals surface area contributed by atoms with Gasteiger partial charge in [-0.05, 0) is 18.2 Å². The maximum absolute atomic E-state index is 11.5. The van der Waals surface area contributed by atoms with Crippen molar-refractivity contribution in [3.8, 4) is 0 Å². The number of benzene rings is 1. The summed E-state index contributed by atoms with van der Waals surface area (Å²) >= 11 is 13.7. The van der Waals surface area contributed by atoms with Crippen molar-refractivity contribution in [2.24, 2.45) is 5.73 Å². The summed E-state index contributed by atoms with van der Waals surface area (Å²) in [4.78, 5) is 23.0. The Kier molecular flexibility index (Phi) is 5.52. The number of thiocarbonyl (C=S) groups is 1. The van der Waals surface area contributed by atoms with Gasteiger partial charge in [-0.1, -0.05) is 39.7 Å². The Balaban J connectivity index is 2.66. The second-order valence-corrected chi connectivity index (χ2v) is 5.07. The van der Waals surface area contributed by atoms with Gasteiger partial charge in [0.2, 0.25) is 0 Å². The Morgan fingerprint density at radius 3 is 2.67 bits per heavy atom. The van der Waals surface area contributed by atoms with Crippen LogP contribution in [-0.2, 0) is 9.59 Å². The molecule has 0 saturated heterocycles. The highest BCUT2D eigenvalue weighted by molar-refractivity contribution is 9.10. The highest BCUT2D eigenvalue weighted by Crippen LogP contribution is 2.25. The van der Waals surface area contributed by atoms with Crippen molar-refractivity contribution in [1.82, 2.24) is 5.32 Å². The van der Waals surface area contributed by atoms with E-state index in [4.69, 9.17) is 17.3 Å². The quantitative estimate of drug-likeness (QED) is 0.569. The fourth-order valence-corrected chi connectivity index (χ4v) is 1.62. The summed E-state index contributed by atoms with van der Waals surface area (Å²) in [6, 6.07) is 4.89. The van der Waals surface area contributed by atoms with Gasteiger partial charge in [0.25, 0.3) is 0 Å². The van der Waals surface area contributed by atoms with Crippen molar-refractivity contribution in [3.63, 3.8) is 0 Å². The summed E-state index contributed by atoms with van der Waals surface area (Å²) in [7, 11) is 0. The Morgan fingerprint density at radius 1 is 1.39 bits per heavy atom. The number of nitrogens with two attached hydrogens (primary N) is 1. The van der Waals surface area contributed by atoms with Crippen molar-refractivity contribution >= 4 is 62.2 Å². The van der Waals surface area contributed by atoms with E-state index in [-0.39, 0.29) is 11.5 Å². The third-order valence-electron chi connectivity index (χ3n) is 1.81. The molecule has 0 aromatic heterocycles. The first-order valence-electron chi connectivity index (χ1n) is 4.72. The van der Waals surface area contributed by atoms with Crippen LogP contribution in [0.2, 0.25) is 5.02 Å². The minimum absolute atomic E-state index is 0.0339. The van der Waals surface area contributed by atoms with E-state index in [1.165, 1.54) is 0 Å². The number of anilines is 1. The van der Waals surface area contributed by atoms with Crippen LogP contribution in [0, 0.1) is 0 Å². The lowest BCUT2D eigenvalue weighted by Crippen LogP contribution is -2.39. The molecule has 1 aromatic rings. The minimum Gasteiger partial charge on any atom is -0.392 e. The molecule has 0 spiro atoms. The number of carbonyl (C=O) groups excluding carboxylic acids is 2. The maximum Gasteiger partial charge on any atom is 0.313 e. The first kappa shape index (κ1) is 14.9. The number of halogens is 2. The summed E-state index contributed by atoms with van der Waals surface area (Å²) in [5.41, 5.74) is 5.53. The second-order valence-electron chi connectivity index (χ2n) is 3.23. The Hall–Kier alpha value is -1.18. The largest absolute Gasteiger partial charge is 0.392 e. The van der Waals surface area contributed by atoms with Gasteiger partial charge in [0, 0.05) is 4.47 Å². The summed E-state index contributed by atoms with van der Waals surface area (Å²) in [6.45, 7) is -0.0339. The standard InChI is InChI=1S/C10H9BrClN3O2S/c11-5-1-2-6(12)7(3-5)15-10(17)9(16)14-4-8(13)18/h1-3H,4H2,(H2,13,18)(H,14,16)(H,15,17). The van der Waals surface area contributed by atoms with E-state index < -0.39 is 11.8 Å². The zero-order valence-electron chi connectivity index (χ0n) is 9.00. The predicted octanol–water partition coefficient (Wildman–Crippen LogP) is 1.44. The molecule has 0 heterocycles. The second kappa shape index (κ2) is 6.67. The average molecular weight is 351 g/mol. The lowest BCUT2D eigenvalue weighted by atomic mass is 10.3. The molecule has 0 unspecified atom stereocenters. The zero-order chi connectivity index (χ0) is 13.7. The molecular formula is C10H9BrClN3O2S. The molecule has 18 heavy (non-hydrogen) atoms. The van der Waals surface area contributed by atoms with E-state index >= 15 is 0 Å². The van der Waals surface area contributed by atoms with Gasteiger partial charge in [0.1, 0.15) is 0 Å². The predicted molar refractivity (Wildman–Crippen MR) is 77.6 cm³/mol. The highest BCUT2D eigenvalue weighted by atomic mass is 79.9. The van der Waals surface area contributed by atoms with Crippen LogP contribution < -0.4 is 16.4 Å². The molecular weight excluding hydrogens is 342 g/mol. The van der Waals surface area contributed by atoms with Crippen LogP contribution in [0.3, 0.4) is 0 Å². The van der Waals surface area contributed by atoms with Gasteiger partial charge in [0.05, 0.1) is 22.2 Å². The number of hydrogen-bond acceptors (Lipinski definition) is 3. The monoisotopic (exact) mass is 349 g/mol. The normalized spacial score (nSPS) is 9.67. The van der Waals surface area contributed by atoms with E-state index in [1.54, 1.807) is 18.2 Å². The Bertz CT molecular complexity index is 510. The van der Waals surface area contributed by atoms with Gasteiger partial charge in [-0.2, -0.15) is 0 Å². The Labute approximate surface area is 122 Å².